The summed E-state index contributed by atoms with van der Waals surface area (Å²) in [4.78, 5) is 26.7. The fourth-order valence-electron chi connectivity index (χ4n) is 3.08. The van der Waals surface area contributed by atoms with E-state index in [1.807, 2.05) is 44.2 Å². The number of carbonyl (C=O) groups excluding carboxylic acids is 2. The smallest absolute Gasteiger partial charge is 0.239 e. The third-order valence-electron chi connectivity index (χ3n) is 4.55. The maximum Gasteiger partial charge on any atom is 0.239 e. The first-order valence-corrected chi connectivity index (χ1v) is 8.26. The van der Waals surface area contributed by atoms with Crippen molar-refractivity contribution in [1.82, 2.24) is 5.32 Å². The summed E-state index contributed by atoms with van der Waals surface area (Å²) < 4.78 is 0. The molecule has 2 amide bonds. The maximum atomic E-state index is 12.5. The third-order valence-corrected chi connectivity index (χ3v) is 4.55. The molecule has 4 heteroatoms. The van der Waals surface area contributed by atoms with E-state index in [4.69, 9.17) is 0 Å². The summed E-state index contributed by atoms with van der Waals surface area (Å²) in [6.45, 7) is 5.10. The van der Waals surface area contributed by atoms with Gasteiger partial charge in [0, 0.05) is 18.8 Å². The van der Waals surface area contributed by atoms with E-state index in [0.29, 0.717) is 19.5 Å². The Morgan fingerprint density at radius 3 is 2.67 bits per heavy atom. The number of benzene rings is 2. The summed E-state index contributed by atoms with van der Waals surface area (Å²) in [5.74, 6) is -0.880. The Morgan fingerprint density at radius 1 is 1.17 bits per heavy atom. The molecule has 4 nitrogen and oxygen atoms in total. The van der Waals surface area contributed by atoms with Crippen LogP contribution in [0.4, 0.5) is 5.69 Å². The summed E-state index contributed by atoms with van der Waals surface area (Å²) in [5.41, 5.74) is 4.25. The molecule has 0 saturated carbocycles. The minimum absolute atomic E-state index is 0.111. The number of carbonyl (C=O) groups is 2. The van der Waals surface area contributed by atoms with Crippen molar-refractivity contribution in [1.29, 1.82) is 0 Å². The third kappa shape index (κ3) is 3.32. The second-order valence-electron chi connectivity index (χ2n) is 6.31. The van der Waals surface area contributed by atoms with E-state index in [-0.39, 0.29) is 11.8 Å². The Balaban J connectivity index is 1.64. The van der Waals surface area contributed by atoms with Gasteiger partial charge in [0.05, 0.1) is 0 Å². The number of para-hydroxylation sites is 1. The summed E-state index contributed by atoms with van der Waals surface area (Å²) in [6, 6.07) is 15.7. The highest BCUT2D eigenvalue weighted by atomic mass is 16.2. The van der Waals surface area contributed by atoms with Crippen LogP contribution >= 0.6 is 0 Å². The van der Waals surface area contributed by atoms with Gasteiger partial charge in [0.25, 0.3) is 0 Å². The molecule has 2 aromatic rings. The summed E-state index contributed by atoms with van der Waals surface area (Å²) in [5, 5.41) is 2.92. The van der Waals surface area contributed by atoms with Gasteiger partial charge in [0.2, 0.25) is 11.8 Å². The van der Waals surface area contributed by atoms with Crippen molar-refractivity contribution >= 4 is 17.5 Å². The van der Waals surface area contributed by atoms with Crippen molar-refractivity contribution in [2.24, 2.45) is 5.92 Å². The molecule has 2 aromatic carbocycles. The molecule has 0 spiro atoms. The second-order valence-corrected chi connectivity index (χ2v) is 6.31. The van der Waals surface area contributed by atoms with Crippen LogP contribution in [0.25, 0.3) is 0 Å². The Labute approximate surface area is 142 Å². The summed E-state index contributed by atoms with van der Waals surface area (Å²) >= 11 is 0. The van der Waals surface area contributed by atoms with E-state index >= 15 is 0 Å². The van der Waals surface area contributed by atoms with Crippen LogP contribution in [0.2, 0.25) is 0 Å². The van der Waals surface area contributed by atoms with E-state index in [1.165, 1.54) is 0 Å². The first kappa shape index (κ1) is 16.2. The van der Waals surface area contributed by atoms with Crippen LogP contribution < -0.4 is 10.2 Å². The van der Waals surface area contributed by atoms with Crippen LogP contribution in [0.1, 0.15) is 23.1 Å². The molecule has 0 aliphatic carbocycles. The molecule has 1 atom stereocenters. The van der Waals surface area contributed by atoms with Gasteiger partial charge in [-0.3, -0.25) is 9.59 Å². The largest absolute Gasteiger partial charge is 0.351 e. The van der Waals surface area contributed by atoms with Crippen LogP contribution in [-0.2, 0) is 16.1 Å². The van der Waals surface area contributed by atoms with E-state index in [9.17, 15) is 9.59 Å². The molecule has 1 saturated heterocycles. The molecule has 1 N–H and O–H groups in total. The minimum Gasteiger partial charge on any atom is -0.351 e. The van der Waals surface area contributed by atoms with E-state index in [0.717, 1.165) is 22.4 Å². The van der Waals surface area contributed by atoms with E-state index < -0.39 is 5.92 Å². The highest BCUT2D eigenvalue weighted by molar-refractivity contribution is 6.09. The zero-order valence-electron chi connectivity index (χ0n) is 14.1. The van der Waals surface area contributed by atoms with Gasteiger partial charge in [-0.2, -0.15) is 0 Å². The zero-order chi connectivity index (χ0) is 17.1. The highest BCUT2D eigenvalue weighted by Gasteiger charge is 2.37. The van der Waals surface area contributed by atoms with Gasteiger partial charge in [-0.15, -0.1) is 0 Å². The average Bonchev–Trinajstić information content (AvgIpc) is 2.98. The van der Waals surface area contributed by atoms with Crippen molar-refractivity contribution in [3.8, 4) is 0 Å². The minimum atomic E-state index is -0.588. The number of hydrogen-bond donors (Lipinski definition) is 1. The van der Waals surface area contributed by atoms with Crippen LogP contribution in [0.5, 0.6) is 0 Å². The van der Waals surface area contributed by atoms with Crippen molar-refractivity contribution in [2.45, 2.75) is 26.8 Å². The van der Waals surface area contributed by atoms with Gasteiger partial charge in [-0.25, -0.2) is 0 Å². The van der Waals surface area contributed by atoms with Gasteiger partial charge in [0.15, 0.2) is 0 Å². The monoisotopic (exact) mass is 322 g/mol. The van der Waals surface area contributed by atoms with Crippen molar-refractivity contribution in [3.05, 3.63) is 65.2 Å². The molecule has 24 heavy (non-hydrogen) atoms. The molecule has 1 fully saturated rings. The number of amides is 2. The van der Waals surface area contributed by atoms with Crippen molar-refractivity contribution in [2.75, 3.05) is 11.4 Å². The number of aryl methyl sites for hydroxylation is 2. The fraction of sp³-hybridized carbons (Fsp3) is 0.300. The van der Waals surface area contributed by atoms with Gasteiger partial charge < -0.3 is 10.2 Å². The molecule has 1 aliphatic heterocycles. The van der Waals surface area contributed by atoms with E-state index in [1.54, 1.807) is 4.90 Å². The lowest BCUT2D eigenvalue weighted by molar-refractivity contribution is -0.132. The molecule has 0 aromatic heterocycles. The van der Waals surface area contributed by atoms with Gasteiger partial charge >= 0.3 is 0 Å². The van der Waals surface area contributed by atoms with Crippen LogP contribution in [-0.4, -0.2) is 18.4 Å². The first-order chi connectivity index (χ1) is 11.6. The fourth-order valence-corrected chi connectivity index (χ4v) is 3.08. The molecule has 3 rings (SSSR count). The quantitative estimate of drug-likeness (QED) is 0.880. The normalized spacial score (nSPS) is 17.2. The van der Waals surface area contributed by atoms with Crippen LogP contribution in [0.3, 0.4) is 0 Å². The average molecular weight is 322 g/mol. The number of nitrogens with one attached hydrogen (secondary N) is 1. The summed E-state index contributed by atoms with van der Waals surface area (Å²) in [6.07, 6.45) is 0.562. The zero-order valence-corrected chi connectivity index (χ0v) is 14.1. The van der Waals surface area contributed by atoms with E-state index in [2.05, 4.69) is 23.5 Å². The lowest BCUT2D eigenvalue weighted by atomic mass is 10.0. The Kier molecular flexibility index (Phi) is 4.65. The standard InChI is InChI=1S/C20H22N2O2/c1-14-8-9-15(2)16(12-14)13-21-19(23)18-10-11-22(20(18)24)17-6-4-3-5-7-17/h3-9,12,18H,10-11,13H2,1-2H3,(H,21,23)/t18-/m1/s1. The molecule has 1 aliphatic rings. The first-order valence-electron chi connectivity index (χ1n) is 8.26. The molecular weight excluding hydrogens is 300 g/mol. The number of rotatable bonds is 4. The summed E-state index contributed by atoms with van der Waals surface area (Å²) in [7, 11) is 0. The highest BCUT2D eigenvalue weighted by Crippen LogP contribution is 2.25. The number of nitrogens with zero attached hydrogens (tertiary/aromatic N) is 1. The predicted molar refractivity (Wildman–Crippen MR) is 94.7 cm³/mol. The van der Waals surface area contributed by atoms with Crippen molar-refractivity contribution < 1.29 is 9.59 Å². The lowest BCUT2D eigenvalue weighted by Crippen LogP contribution is -2.36. The molecular formula is C20H22N2O2. The Bertz CT molecular complexity index is 755. The second kappa shape index (κ2) is 6.87. The lowest BCUT2D eigenvalue weighted by Gasteiger charge is -2.16. The van der Waals surface area contributed by atoms with Gasteiger partial charge in [0.1, 0.15) is 5.92 Å². The molecule has 0 radical (unpaired) electrons. The molecule has 1 heterocycles. The topological polar surface area (TPSA) is 49.4 Å². The molecule has 0 unspecified atom stereocenters. The van der Waals surface area contributed by atoms with Crippen LogP contribution in [0, 0.1) is 19.8 Å². The molecule has 124 valence electrons. The van der Waals surface area contributed by atoms with Crippen molar-refractivity contribution in [3.63, 3.8) is 0 Å². The van der Waals surface area contributed by atoms with Crippen LogP contribution in [0.15, 0.2) is 48.5 Å². The molecule has 0 bridgehead atoms. The van der Waals surface area contributed by atoms with Gasteiger partial charge in [-0.05, 0) is 43.5 Å². The maximum absolute atomic E-state index is 12.5. The number of anilines is 1. The Hall–Kier alpha value is -2.62. The Morgan fingerprint density at radius 2 is 1.92 bits per heavy atom. The van der Waals surface area contributed by atoms with Gasteiger partial charge in [-0.1, -0.05) is 42.0 Å². The predicted octanol–water partition coefficient (Wildman–Crippen LogP) is 2.97. The SMILES string of the molecule is Cc1ccc(C)c(CNC(=O)[C@H]2CCN(c3ccccc3)C2=O)c1. The number of hydrogen-bond acceptors (Lipinski definition) is 2.